The number of likely N-dealkylation sites (tertiary alicyclic amines) is 1. The van der Waals surface area contributed by atoms with Gasteiger partial charge in [0.15, 0.2) is 4.80 Å². The van der Waals surface area contributed by atoms with Crippen molar-refractivity contribution in [3.05, 3.63) is 23.0 Å². The molecule has 1 aliphatic heterocycles. The summed E-state index contributed by atoms with van der Waals surface area (Å²) in [7, 11) is 1.85. The lowest BCUT2D eigenvalue weighted by Gasteiger charge is -2.12. The fraction of sp³-hybridized carbons (Fsp3) is 0.353. The minimum Gasteiger partial charge on any atom is -0.494 e. The Labute approximate surface area is 164 Å². The Bertz CT molecular complexity index is 992. The maximum absolute atomic E-state index is 12.0. The fourth-order valence-electron chi connectivity index (χ4n) is 2.69. The van der Waals surface area contributed by atoms with Crippen LogP contribution in [0.3, 0.4) is 0 Å². The largest absolute Gasteiger partial charge is 0.494 e. The summed E-state index contributed by atoms with van der Waals surface area (Å²) >= 11 is 6.54. The van der Waals surface area contributed by atoms with Gasteiger partial charge in [0.1, 0.15) is 12.3 Å². The highest BCUT2D eigenvalue weighted by atomic mass is 32.1. The van der Waals surface area contributed by atoms with E-state index < -0.39 is 5.91 Å². The van der Waals surface area contributed by atoms with Crippen molar-refractivity contribution in [1.82, 2.24) is 14.8 Å². The smallest absolute Gasteiger partial charge is 0.246 e. The Balaban J connectivity index is 1.74. The second-order valence-electron chi connectivity index (χ2n) is 5.84. The molecule has 0 atom stereocenters. The molecule has 3 rings (SSSR count). The Morgan fingerprint density at radius 1 is 1.33 bits per heavy atom. The van der Waals surface area contributed by atoms with Crippen LogP contribution >= 0.6 is 23.6 Å². The van der Waals surface area contributed by atoms with Gasteiger partial charge in [0.2, 0.25) is 22.8 Å². The molecule has 1 N–H and O–H groups in total. The number of thiazole rings is 1. The molecule has 27 heavy (non-hydrogen) atoms. The zero-order valence-corrected chi connectivity index (χ0v) is 16.5. The molecule has 1 saturated heterocycles. The number of nitrogens with one attached hydrogen (secondary N) is 1. The number of aryl methyl sites for hydroxylation is 1. The Hall–Kier alpha value is -2.59. The maximum Gasteiger partial charge on any atom is 0.246 e. The lowest BCUT2D eigenvalue weighted by atomic mass is 10.3. The summed E-state index contributed by atoms with van der Waals surface area (Å²) in [5, 5.41) is 2.43. The molecule has 1 aromatic heterocycles. The Kier molecular flexibility index (Phi) is 5.66. The first-order chi connectivity index (χ1) is 12.9. The molecule has 1 fully saturated rings. The van der Waals surface area contributed by atoms with E-state index >= 15 is 0 Å². The topological polar surface area (TPSA) is 93.0 Å². The number of amides is 3. The molecule has 8 nitrogen and oxygen atoms in total. The van der Waals surface area contributed by atoms with Crippen LogP contribution in [0.1, 0.15) is 19.8 Å². The number of imide groups is 1. The first-order valence-electron chi connectivity index (χ1n) is 8.33. The summed E-state index contributed by atoms with van der Waals surface area (Å²) in [6, 6.07) is 5.74. The number of thiocarbonyl (C=S) groups is 1. The molecule has 0 aliphatic carbocycles. The zero-order valence-electron chi connectivity index (χ0n) is 14.9. The minimum absolute atomic E-state index is 0.0220. The molecule has 1 aliphatic rings. The molecule has 1 aromatic carbocycles. The Morgan fingerprint density at radius 2 is 2.04 bits per heavy atom. The van der Waals surface area contributed by atoms with Crippen LogP contribution < -0.4 is 14.9 Å². The van der Waals surface area contributed by atoms with Gasteiger partial charge in [-0.2, -0.15) is 4.99 Å². The maximum atomic E-state index is 12.0. The second-order valence-corrected chi connectivity index (χ2v) is 7.24. The number of nitrogens with zero attached hydrogens (tertiary/aromatic N) is 3. The molecule has 2 heterocycles. The average molecular weight is 406 g/mol. The molecule has 0 spiro atoms. The van der Waals surface area contributed by atoms with Gasteiger partial charge in [0, 0.05) is 19.9 Å². The molecule has 3 amide bonds. The number of hydrogen-bond acceptors (Lipinski definition) is 6. The summed E-state index contributed by atoms with van der Waals surface area (Å²) < 4.78 is 8.34. The predicted octanol–water partition coefficient (Wildman–Crippen LogP) is 1.09. The standard InChI is InChI=1S/C17H18N4O4S2/c1-3-25-10-4-5-11-12(8-10)27-17(20(11)2)19-16(26)18-13(22)9-21-14(23)6-7-15(21)24/h4-5,8H,3,6-7,9H2,1-2H3,(H,18,22,26)/b19-17-. The van der Waals surface area contributed by atoms with Crippen molar-refractivity contribution < 1.29 is 19.1 Å². The van der Waals surface area contributed by atoms with Crippen molar-refractivity contribution in [1.29, 1.82) is 0 Å². The number of hydrogen-bond donors (Lipinski definition) is 1. The summed E-state index contributed by atoms with van der Waals surface area (Å²) in [6.07, 6.45) is 0.282. The van der Waals surface area contributed by atoms with E-state index in [4.69, 9.17) is 17.0 Å². The highest BCUT2D eigenvalue weighted by Gasteiger charge is 2.30. The van der Waals surface area contributed by atoms with E-state index in [1.807, 2.05) is 36.7 Å². The number of rotatable bonds is 4. The number of aromatic nitrogens is 1. The van der Waals surface area contributed by atoms with E-state index in [1.54, 1.807) is 0 Å². The third-order valence-electron chi connectivity index (χ3n) is 3.99. The van der Waals surface area contributed by atoms with Crippen molar-refractivity contribution in [2.75, 3.05) is 13.2 Å². The van der Waals surface area contributed by atoms with Crippen LogP contribution in [0.2, 0.25) is 0 Å². The number of fused-ring (bicyclic) bond motifs is 1. The number of carbonyl (C=O) groups is 3. The molecule has 0 radical (unpaired) electrons. The highest BCUT2D eigenvalue weighted by molar-refractivity contribution is 7.80. The summed E-state index contributed by atoms with van der Waals surface area (Å²) in [6.45, 7) is 2.16. The van der Waals surface area contributed by atoms with E-state index in [-0.39, 0.29) is 36.3 Å². The zero-order chi connectivity index (χ0) is 19.6. The minimum atomic E-state index is -0.547. The molecular formula is C17H18N4O4S2. The molecule has 2 aromatic rings. The summed E-state index contributed by atoms with van der Waals surface area (Å²) in [4.78, 5) is 41.0. The number of ether oxygens (including phenoxy) is 1. The first-order valence-corrected chi connectivity index (χ1v) is 9.55. The fourth-order valence-corrected chi connectivity index (χ4v) is 4.01. The number of benzene rings is 1. The summed E-state index contributed by atoms with van der Waals surface area (Å²) in [5.41, 5.74) is 0.963. The van der Waals surface area contributed by atoms with Gasteiger partial charge in [0.25, 0.3) is 0 Å². The third-order valence-corrected chi connectivity index (χ3v) is 5.28. The van der Waals surface area contributed by atoms with E-state index in [0.717, 1.165) is 20.9 Å². The van der Waals surface area contributed by atoms with Crippen molar-refractivity contribution in [2.24, 2.45) is 12.0 Å². The van der Waals surface area contributed by atoms with Crippen LogP contribution in [0, 0.1) is 0 Å². The van der Waals surface area contributed by atoms with Crippen molar-refractivity contribution in [3.8, 4) is 5.75 Å². The lowest BCUT2D eigenvalue weighted by Crippen LogP contribution is -2.41. The second kappa shape index (κ2) is 7.97. The normalized spacial score (nSPS) is 14.9. The third kappa shape index (κ3) is 4.22. The summed E-state index contributed by atoms with van der Waals surface area (Å²) in [5.74, 6) is -0.470. The molecule has 142 valence electrons. The van der Waals surface area contributed by atoms with Gasteiger partial charge in [0.05, 0.1) is 16.8 Å². The molecule has 10 heteroatoms. The number of carbonyl (C=O) groups excluding carboxylic acids is 3. The van der Waals surface area contributed by atoms with E-state index in [9.17, 15) is 14.4 Å². The van der Waals surface area contributed by atoms with Gasteiger partial charge in [-0.25, -0.2) is 0 Å². The van der Waals surface area contributed by atoms with Crippen molar-refractivity contribution >= 4 is 56.6 Å². The van der Waals surface area contributed by atoms with Crippen LogP contribution in [0.25, 0.3) is 10.2 Å². The highest BCUT2D eigenvalue weighted by Crippen LogP contribution is 2.22. The van der Waals surface area contributed by atoms with Crippen LogP contribution in [0.4, 0.5) is 0 Å². The Morgan fingerprint density at radius 3 is 2.70 bits per heavy atom. The molecular weight excluding hydrogens is 388 g/mol. The van der Waals surface area contributed by atoms with E-state index in [0.29, 0.717) is 11.4 Å². The van der Waals surface area contributed by atoms with Gasteiger partial charge < -0.3 is 9.30 Å². The molecule has 0 saturated carbocycles. The van der Waals surface area contributed by atoms with Gasteiger partial charge in [-0.15, -0.1) is 0 Å². The molecule has 0 bridgehead atoms. The predicted molar refractivity (Wildman–Crippen MR) is 104 cm³/mol. The van der Waals surface area contributed by atoms with Crippen LogP contribution in [0.5, 0.6) is 5.75 Å². The van der Waals surface area contributed by atoms with Crippen LogP contribution in [-0.4, -0.2) is 45.5 Å². The van der Waals surface area contributed by atoms with Gasteiger partial charge in [-0.3, -0.25) is 24.6 Å². The van der Waals surface area contributed by atoms with Crippen LogP contribution in [-0.2, 0) is 21.4 Å². The van der Waals surface area contributed by atoms with E-state index in [1.165, 1.54) is 11.3 Å². The van der Waals surface area contributed by atoms with E-state index in [2.05, 4.69) is 10.3 Å². The monoisotopic (exact) mass is 406 g/mol. The van der Waals surface area contributed by atoms with Gasteiger partial charge in [-0.05, 0) is 37.3 Å². The van der Waals surface area contributed by atoms with Crippen molar-refractivity contribution in [2.45, 2.75) is 19.8 Å². The van der Waals surface area contributed by atoms with Crippen molar-refractivity contribution in [3.63, 3.8) is 0 Å². The quantitative estimate of drug-likeness (QED) is 0.606. The van der Waals surface area contributed by atoms with Crippen LogP contribution in [0.15, 0.2) is 23.2 Å². The first kappa shape index (κ1) is 19.2. The average Bonchev–Trinajstić information content (AvgIpc) is 3.09. The van der Waals surface area contributed by atoms with Gasteiger partial charge >= 0.3 is 0 Å². The lowest BCUT2D eigenvalue weighted by molar-refractivity contribution is -0.142. The SMILES string of the molecule is CCOc1ccc2c(c1)s/c(=N\C(=S)NC(=O)CN1C(=O)CCC1=O)n2C. The van der Waals surface area contributed by atoms with Gasteiger partial charge in [-0.1, -0.05) is 11.3 Å². The molecule has 0 unspecified atom stereocenters.